The summed E-state index contributed by atoms with van der Waals surface area (Å²) >= 11 is 0. The Bertz CT molecular complexity index is 704. The van der Waals surface area contributed by atoms with Gasteiger partial charge in [0.25, 0.3) is 5.91 Å². The Morgan fingerprint density at radius 2 is 1.96 bits per heavy atom. The van der Waals surface area contributed by atoms with Crippen LogP contribution in [-0.2, 0) is 9.63 Å². The third kappa shape index (κ3) is 5.08. The maximum Gasteiger partial charge on any atom is 0.273 e. The molecule has 0 saturated heterocycles. The standard InChI is InChI=1S/C18H19FN2O3/c1-13(14-7-4-3-5-8-14)20-18(22)17(21-23-2)12-24-16-10-6-9-15(19)11-16/h3-11,13H,12H2,1-2H3,(H,20,22). The molecule has 126 valence electrons. The van der Waals surface area contributed by atoms with Gasteiger partial charge in [-0.1, -0.05) is 41.6 Å². The van der Waals surface area contributed by atoms with Gasteiger partial charge in [-0.15, -0.1) is 0 Å². The summed E-state index contributed by atoms with van der Waals surface area (Å²) in [4.78, 5) is 17.0. The number of oxime groups is 1. The Morgan fingerprint density at radius 3 is 2.62 bits per heavy atom. The van der Waals surface area contributed by atoms with E-state index in [1.165, 1.54) is 25.3 Å². The molecule has 0 aliphatic rings. The highest BCUT2D eigenvalue weighted by Crippen LogP contribution is 2.13. The highest BCUT2D eigenvalue weighted by atomic mass is 19.1. The monoisotopic (exact) mass is 330 g/mol. The normalized spacial score (nSPS) is 12.4. The van der Waals surface area contributed by atoms with Crippen LogP contribution in [0.5, 0.6) is 5.75 Å². The molecule has 0 aliphatic heterocycles. The maximum absolute atomic E-state index is 13.1. The van der Waals surface area contributed by atoms with Gasteiger partial charge >= 0.3 is 0 Å². The topological polar surface area (TPSA) is 59.9 Å². The molecule has 5 nitrogen and oxygen atoms in total. The number of benzene rings is 2. The molecule has 0 saturated carbocycles. The minimum Gasteiger partial charge on any atom is -0.487 e. The molecule has 0 heterocycles. The first-order valence-electron chi connectivity index (χ1n) is 7.44. The minimum absolute atomic E-state index is 0.0598. The van der Waals surface area contributed by atoms with Crippen molar-refractivity contribution in [3.63, 3.8) is 0 Å². The molecule has 0 fully saturated rings. The van der Waals surface area contributed by atoms with Crippen molar-refractivity contribution in [1.29, 1.82) is 0 Å². The summed E-state index contributed by atoms with van der Waals surface area (Å²) < 4.78 is 18.5. The number of halogens is 1. The van der Waals surface area contributed by atoms with Gasteiger partial charge in [-0.05, 0) is 24.6 Å². The summed E-state index contributed by atoms with van der Waals surface area (Å²) in [6.07, 6.45) is 0. The second-order valence-electron chi connectivity index (χ2n) is 5.07. The average Bonchev–Trinajstić information content (AvgIpc) is 2.59. The summed E-state index contributed by atoms with van der Waals surface area (Å²) in [6, 6.07) is 15.0. The smallest absolute Gasteiger partial charge is 0.273 e. The summed E-state index contributed by atoms with van der Waals surface area (Å²) in [5.41, 5.74) is 1.03. The number of carbonyl (C=O) groups is 1. The molecule has 0 aromatic heterocycles. The van der Waals surface area contributed by atoms with E-state index in [4.69, 9.17) is 9.57 Å². The molecule has 0 aliphatic carbocycles. The number of carbonyl (C=O) groups excluding carboxylic acids is 1. The van der Waals surface area contributed by atoms with E-state index in [0.29, 0.717) is 5.75 Å². The van der Waals surface area contributed by atoms with E-state index in [0.717, 1.165) is 5.56 Å². The van der Waals surface area contributed by atoms with E-state index in [9.17, 15) is 9.18 Å². The third-order valence-electron chi connectivity index (χ3n) is 3.28. The summed E-state index contributed by atoms with van der Waals surface area (Å²) in [5, 5.41) is 6.52. The number of hydrogen-bond acceptors (Lipinski definition) is 4. The molecule has 1 unspecified atom stereocenters. The van der Waals surface area contributed by atoms with Crippen LogP contribution in [0, 0.1) is 5.82 Å². The van der Waals surface area contributed by atoms with Gasteiger partial charge in [0, 0.05) is 6.07 Å². The quantitative estimate of drug-likeness (QED) is 0.627. The van der Waals surface area contributed by atoms with Crippen LogP contribution in [-0.4, -0.2) is 25.3 Å². The fourth-order valence-corrected chi connectivity index (χ4v) is 2.06. The van der Waals surface area contributed by atoms with Gasteiger partial charge in [0.2, 0.25) is 0 Å². The van der Waals surface area contributed by atoms with Crippen molar-refractivity contribution < 1.29 is 18.8 Å². The Kier molecular flexibility index (Phi) is 6.31. The molecule has 2 aromatic rings. The summed E-state index contributed by atoms with van der Waals surface area (Å²) in [6.45, 7) is 1.73. The van der Waals surface area contributed by atoms with E-state index in [1.807, 2.05) is 37.3 Å². The lowest BCUT2D eigenvalue weighted by molar-refractivity contribution is -0.115. The molecule has 24 heavy (non-hydrogen) atoms. The van der Waals surface area contributed by atoms with Gasteiger partial charge in [-0.25, -0.2) is 4.39 Å². The van der Waals surface area contributed by atoms with Crippen molar-refractivity contribution in [3.8, 4) is 5.75 Å². The van der Waals surface area contributed by atoms with Crippen molar-refractivity contribution in [2.45, 2.75) is 13.0 Å². The average molecular weight is 330 g/mol. The lowest BCUT2D eigenvalue weighted by Gasteiger charge is -2.15. The second-order valence-corrected chi connectivity index (χ2v) is 5.07. The Balaban J connectivity index is 1.99. The predicted molar refractivity (Wildman–Crippen MR) is 89.3 cm³/mol. The molecule has 0 spiro atoms. The van der Waals surface area contributed by atoms with Crippen LogP contribution in [0.4, 0.5) is 4.39 Å². The summed E-state index contributed by atoms with van der Waals surface area (Å²) in [7, 11) is 1.34. The van der Waals surface area contributed by atoms with Gasteiger partial charge in [-0.2, -0.15) is 0 Å². The zero-order valence-electron chi connectivity index (χ0n) is 13.5. The van der Waals surface area contributed by atoms with E-state index in [1.54, 1.807) is 6.07 Å². The van der Waals surface area contributed by atoms with Crippen LogP contribution in [0.3, 0.4) is 0 Å². The van der Waals surface area contributed by atoms with Crippen LogP contribution < -0.4 is 10.1 Å². The van der Waals surface area contributed by atoms with Crippen LogP contribution in [0.2, 0.25) is 0 Å². The number of amides is 1. The molecule has 0 bridgehead atoms. The zero-order valence-corrected chi connectivity index (χ0v) is 13.5. The van der Waals surface area contributed by atoms with Crippen LogP contribution in [0.15, 0.2) is 59.8 Å². The molecule has 2 aromatic carbocycles. The Morgan fingerprint density at radius 1 is 1.21 bits per heavy atom. The fraction of sp³-hybridized carbons (Fsp3) is 0.222. The first kappa shape index (κ1) is 17.5. The molecule has 2 rings (SSSR count). The second kappa shape index (κ2) is 8.67. The van der Waals surface area contributed by atoms with Crippen molar-refractivity contribution in [2.75, 3.05) is 13.7 Å². The van der Waals surface area contributed by atoms with Crippen LogP contribution in [0.25, 0.3) is 0 Å². The van der Waals surface area contributed by atoms with Gasteiger partial charge < -0.3 is 14.9 Å². The number of ether oxygens (including phenoxy) is 1. The van der Waals surface area contributed by atoms with Crippen molar-refractivity contribution in [2.24, 2.45) is 5.16 Å². The molecule has 1 N–H and O–H groups in total. The van der Waals surface area contributed by atoms with E-state index in [-0.39, 0.29) is 18.4 Å². The number of nitrogens with one attached hydrogen (secondary N) is 1. The molecular weight excluding hydrogens is 311 g/mol. The largest absolute Gasteiger partial charge is 0.487 e. The first-order valence-corrected chi connectivity index (χ1v) is 7.44. The van der Waals surface area contributed by atoms with Crippen molar-refractivity contribution in [3.05, 3.63) is 66.0 Å². The van der Waals surface area contributed by atoms with E-state index in [2.05, 4.69) is 10.5 Å². The predicted octanol–water partition coefficient (Wildman–Crippen LogP) is 3.08. The number of rotatable bonds is 7. The van der Waals surface area contributed by atoms with Crippen molar-refractivity contribution >= 4 is 11.6 Å². The van der Waals surface area contributed by atoms with E-state index >= 15 is 0 Å². The third-order valence-corrected chi connectivity index (χ3v) is 3.28. The van der Waals surface area contributed by atoms with Gasteiger partial charge in [0.1, 0.15) is 25.3 Å². The van der Waals surface area contributed by atoms with Crippen LogP contribution >= 0.6 is 0 Å². The zero-order chi connectivity index (χ0) is 17.4. The minimum atomic E-state index is -0.417. The number of hydrogen-bond donors (Lipinski definition) is 1. The van der Waals surface area contributed by atoms with Crippen LogP contribution in [0.1, 0.15) is 18.5 Å². The lowest BCUT2D eigenvalue weighted by atomic mass is 10.1. The Labute approximate surface area is 140 Å². The lowest BCUT2D eigenvalue weighted by Crippen LogP contribution is -2.36. The Hall–Kier alpha value is -2.89. The van der Waals surface area contributed by atoms with Gasteiger partial charge in [0.15, 0.2) is 5.71 Å². The van der Waals surface area contributed by atoms with Gasteiger partial charge in [-0.3, -0.25) is 4.79 Å². The van der Waals surface area contributed by atoms with E-state index < -0.39 is 11.7 Å². The maximum atomic E-state index is 13.1. The first-order chi connectivity index (χ1) is 11.6. The highest BCUT2D eigenvalue weighted by Gasteiger charge is 2.17. The molecular formula is C18H19FN2O3. The number of nitrogens with zero attached hydrogens (tertiary/aromatic N) is 1. The molecule has 6 heteroatoms. The van der Waals surface area contributed by atoms with Gasteiger partial charge in [0.05, 0.1) is 6.04 Å². The SMILES string of the molecule is CON=C(COc1cccc(F)c1)C(=O)NC(C)c1ccccc1. The summed E-state index contributed by atoms with van der Waals surface area (Å²) in [5.74, 6) is -0.521. The van der Waals surface area contributed by atoms with Crippen molar-refractivity contribution in [1.82, 2.24) is 5.32 Å². The fourth-order valence-electron chi connectivity index (χ4n) is 2.06. The molecule has 0 radical (unpaired) electrons. The highest BCUT2D eigenvalue weighted by molar-refractivity contribution is 6.39. The molecule has 1 atom stereocenters. The molecule has 1 amide bonds.